The number of rotatable bonds is 4. The van der Waals surface area contributed by atoms with Crippen molar-refractivity contribution in [2.24, 2.45) is 0 Å². The van der Waals surface area contributed by atoms with Crippen LogP contribution in [-0.2, 0) is 0 Å². The third-order valence-corrected chi connectivity index (χ3v) is 3.52. The van der Waals surface area contributed by atoms with Crippen LogP contribution in [0.3, 0.4) is 0 Å². The Kier molecular flexibility index (Phi) is 5.00. The van der Waals surface area contributed by atoms with Crippen molar-refractivity contribution >= 4 is 34.2 Å². The van der Waals surface area contributed by atoms with Crippen LogP contribution in [0.4, 0.5) is 5.69 Å². The monoisotopic (exact) mass is 394 g/mol. The summed E-state index contributed by atoms with van der Waals surface area (Å²) in [5, 5.41) is 20.8. The van der Waals surface area contributed by atoms with Crippen LogP contribution in [0.5, 0.6) is 11.5 Å². The Morgan fingerprint density at radius 3 is 2.86 bits per heavy atom. The summed E-state index contributed by atoms with van der Waals surface area (Å²) in [6.07, 6.45) is 0. The SMILES string of the molecule is N#CCOc1cccc(NC(=O)c2ccc(I)c(O)c2)c1. The molecule has 0 heterocycles. The number of halogens is 1. The van der Waals surface area contributed by atoms with E-state index in [0.717, 1.165) is 0 Å². The molecule has 2 aromatic rings. The molecule has 0 aliphatic rings. The average Bonchev–Trinajstić information content (AvgIpc) is 2.48. The number of hydrogen-bond donors (Lipinski definition) is 2. The van der Waals surface area contributed by atoms with E-state index in [9.17, 15) is 9.90 Å². The van der Waals surface area contributed by atoms with E-state index in [1.807, 2.05) is 28.7 Å². The molecule has 0 saturated heterocycles. The minimum atomic E-state index is -0.334. The maximum atomic E-state index is 12.1. The Balaban J connectivity index is 2.12. The quantitative estimate of drug-likeness (QED) is 0.781. The number of nitrogens with zero attached hydrogens (tertiary/aromatic N) is 1. The molecule has 2 rings (SSSR count). The largest absolute Gasteiger partial charge is 0.507 e. The number of benzene rings is 2. The summed E-state index contributed by atoms with van der Waals surface area (Å²) in [6.45, 7) is -0.0532. The summed E-state index contributed by atoms with van der Waals surface area (Å²) in [7, 11) is 0. The normalized spacial score (nSPS) is 9.71. The first-order valence-electron chi connectivity index (χ1n) is 6.00. The molecule has 1 amide bonds. The number of phenols is 1. The lowest BCUT2D eigenvalue weighted by atomic mass is 10.2. The first-order chi connectivity index (χ1) is 10.1. The number of amides is 1. The highest BCUT2D eigenvalue weighted by Crippen LogP contribution is 2.22. The summed E-state index contributed by atoms with van der Waals surface area (Å²) in [6, 6.07) is 13.3. The Morgan fingerprint density at radius 1 is 1.33 bits per heavy atom. The van der Waals surface area contributed by atoms with E-state index in [4.69, 9.17) is 10.00 Å². The molecule has 2 aromatic carbocycles. The molecule has 0 aliphatic heterocycles. The first kappa shape index (κ1) is 15.1. The van der Waals surface area contributed by atoms with Gasteiger partial charge in [0, 0.05) is 17.3 Å². The molecule has 0 saturated carbocycles. The van der Waals surface area contributed by atoms with E-state index in [1.165, 1.54) is 6.07 Å². The highest BCUT2D eigenvalue weighted by Gasteiger charge is 2.09. The summed E-state index contributed by atoms with van der Waals surface area (Å²) in [5.41, 5.74) is 0.907. The molecule has 106 valence electrons. The maximum Gasteiger partial charge on any atom is 0.255 e. The zero-order valence-corrected chi connectivity index (χ0v) is 13.0. The maximum absolute atomic E-state index is 12.1. The van der Waals surface area contributed by atoms with Gasteiger partial charge in [0.05, 0.1) is 3.57 Å². The Morgan fingerprint density at radius 2 is 2.14 bits per heavy atom. The lowest BCUT2D eigenvalue weighted by molar-refractivity contribution is 0.102. The van der Waals surface area contributed by atoms with Crippen molar-refractivity contribution < 1.29 is 14.6 Å². The summed E-state index contributed by atoms with van der Waals surface area (Å²) >= 11 is 1.98. The van der Waals surface area contributed by atoms with Gasteiger partial charge in [0.25, 0.3) is 5.91 Å². The minimum absolute atomic E-state index is 0.0532. The van der Waals surface area contributed by atoms with Crippen LogP contribution in [0.25, 0.3) is 0 Å². The summed E-state index contributed by atoms with van der Waals surface area (Å²) in [5.74, 6) is 0.230. The van der Waals surface area contributed by atoms with Gasteiger partial charge in [-0.05, 0) is 52.9 Å². The Hall–Kier alpha value is -2.27. The van der Waals surface area contributed by atoms with Gasteiger partial charge in [-0.1, -0.05) is 6.07 Å². The van der Waals surface area contributed by atoms with Crippen LogP contribution >= 0.6 is 22.6 Å². The van der Waals surface area contributed by atoms with Crippen molar-refractivity contribution in [2.45, 2.75) is 0 Å². The van der Waals surface area contributed by atoms with Gasteiger partial charge < -0.3 is 15.2 Å². The van der Waals surface area contributed by atoms with Crippen LogP contribution in [0.2, 0.25) is 0 Å². The molecular weight excluding hydrogens is 383 g/mol. The fourth-order valence-corrected chi connectivity index (χ4v) is 1.97. The first-order valence-corrected chi connectivity index (χ1v) is 7.07. The summed E-state index contributed by atoms with van der Waals surface area (Å²) < 4.78 is 5.84. The minimum Gasteiger partial charge on any atom is -0.507 e. The molecule has 5 nitrogen and oxygen atoms in total. The number of phenolic OH excluding ortho intramolecular Hbond substituents is 1. The van der Waals surface area contributed by atoms with Crippen molar-refractivity contribution in [1.29, 1.82) is 5.26 Å². The topological polar surface area (TPSA) is 82.3 Å². The van der Waals surface area contributed by atoms with E-state index in [0.29, 0.717) is 20.6 Å². The van der Waals surface area contributed by atoms with Gasteiger partial charge in [0.15, 0.2) is 6.61 Å². The standard InChI is InChI=1S/C15H11IN2O3/c16-13-5-4-10(8-14(13)19)15(20)18-11-2-1-3-12(9-11)21-7-6-17/h1-5,8-9,19H,7H2,(H,18,20). The van der Waals surface area contributed by atoms with Crippen molar-refractivity contribution in [3.05, 3.63) is 51.6 Å². The molecule has 0 atom stereocenters. The van der Waals surface area contributed by atoms with Gasteiger partial charge in [-0.3, -0.25) is 4.79 Å². The molecule has 2 N–H and O–H groups in total. The number of ether oxygens (including phenoxy) is 1. The summed E-state index contributed by atoms with van der Waals surface area (Å²) in [4.78, 5) is 12.1. The van der Waals surface area contributed by atoms with Crippen LogP contribution in [0.15, 0.2) is 42.5 Å². The number of carbonyl (C=O) groups excluding carboxylic acids is 1. The molecule has 6 heteroatoms. The van der Waals surface area contributed by atoms with Crippen molar-refractivity contribution in [3.8, 4) is 17.6 Å². The molecule has 0 fully saturated rings. The number of hydrogen-bond acceptors (Lipinski definition) is 4. The lowest BCUT2D eigenvalue weighted by Crippen LogP contribution is -2.11. The second-order valence-electron chi connectivity index (χ2n) is 4.09. The fourth-order valence-electron chi connectivity index (χ4n) is 1.64. The van der Waals surface area contributed by atoms with E-state index in [2.05, 4.69) is 5.32 Å². The van der Waals surface area contributed by atoms with Gasteiger partial charge in [-0.2, -0.15) is 5.26 Å². The van der Waals surface area contributed by atoms with Crippen LogP contribution in [0, 0.1) is 14.9 Å². The molecular formula is C15H11IN2O3. The number of aromatic hydroxyl groups is 1. The van der Waals surface area contributed by atoms with Gasteiger partial charge >= 0.3 is 0 Å². The van der Waals surface area contributed by atoms with E-state index >= 15 is 0 Å². The van der Waals surface area contributed by atoms with E-state index in [1.54, 1.807) is 36.4 Å². The second-order valence-corrected chi connectivity index (χ2v) is 5.26. The molecule has 0 bridgehead atoms. The van der Waals surface area contributed by atoms with Crippen molar-refractivity contribution in [3.63, 3.8) is 0 Å². The van der Waals surface area contributed by atoms with Crippen molar-refractivity contribution in [2.75, 3.05) is 11.9 Å². The van der Waals surface area contributed by atoms with E-state index in [-0.39, 0.29) is 18.3 Å². The molecule has 0 spiro atoms. The van der Waals surface area contributed by atoms with Crippen LogP contribution < -0.4 is 10.1 Å². The molecule has 0 aromatic heterocycles. The van der Waals surface area contributed by atoms with Crippen LogP contribution in [0.1, 0.15) is 10.4 Å². The average molecular weight is 394 g/mol. The molecule has 0 radical (unpaired) electrons. The third kappa shape index (κ3) is 4.10. The molecule has 0 aliphatic carbocycles. The molecule has 21 heavy (non-hydrogen) atoms. The van der Waals surface area contributed by atoms with Gasteiger partial charge in [-0.25, -0.2) is 0 Å². The Labute approximate surface area is 135 Å². The second kappa shape index (κ2) is 6.95. The smallest absolute Gasteiger partial charge is 0.255 e. The van der Waals surface area contributed by atoms with Gasteiger partial charge in [-0.15, -0.1) is 0 Å². The van der Waals surface area contributed by atoms with Crippen LogP contribution in [-0.4, -0.2) is 17.6 Å². The van der Waals surface area contributed by atoms with Gasteiger partial charge in [0.1, 0.15) is 17.6 Å². The lowest BCUT2D eigenvalue weighted by Gasteiger charge is -2.08. The fraction of sp³-hybridized carbons (Fsp3) is 0.0667. The number of carbonyl (C=O) groups is 1. The Bertz CT molecular complexity index is 710. The predicted molar refractivity (Wildman–Crippen MR) is 86.3 cm³/mol. The van der Waals surface area contributed by atoms with E-state index < -0.39 is 0 Å². The zero-order chi connectivity index (χ0) is 15.2. The molecule has 0 unspecified atom stereocenters. The zero-order valence-electron chi connectivity index (χ0n) is 10.8. The van der Waals surface area contributed by atoms with Gasteiger partial charge in [0.2, 0.25) is 0 Å². The highest BCUT2D eigenvalue weighted by atomic mass is 127. The predicted octanol–water partition coefficient (Wildman–Crippen LogP) is 3.15. The number of anilines is 1. The number of nitriles is 1. The highest BCUT2D eigenvalue weighted by molar-refractivity contribution is 14.1. The third-order valence-electron chi connectivity index (χ3n) is 2.60. The number of nitrogens with one attached hydrogen (secondary N) is 1. The van der Waals surface area contributed by atoms with Crippen molar-refractivity contribution in [1.82, 2.24) is 0 Å².